The maximum Gasteiger partial charge on any atom is 0.179 e. The Hall–Kier alpha value is -0.910. The molecule has 126 valence electrons. The summed E-state index contributed by atoms with van der Waals surface area (Å²) in [6, 6.07) is 7.00. The van der Waals surface area contributed by atoms with Gasteiger partial charge in [0.15, 0.2) is 9.84 Å². The number of aliphatic hydroxyl groups is 1. The molecule has 0 saturated carbocycles. The van der Waals surface area contributed by atoms with Crippen LogP contribution in [0.1, 0.15) is 51.5 Å². The minimum atomic E-state index is -3.29. The molecule has 0 aromatic heterocycles. The van der Waals surface area contributed by atoms with Crippen LogP contribution in [0, 0.1) is 0 Å². The van der Waals surface area contributed by atoms with Crippen molar-refractivity contribution in [2.45, 2.75) is 62.9 Å². The van der Waals surface area contributed by atoms with Gasteiger partial charge in [0.25, 0.3) is 0 Å². The van der Waals surface area contributed by atoms with Gasteiger partial charge in [-0.05, 0) is 43.4 Å². The molecule has 0 spiro atoms. The normalized spacial score (nSPS) is 12.5. The van der Waals surface area contributed by atoms with Crippen LogP contribution in [0.3, 0.4) is 0 Å². The molecule has 22 heavy (non-hydrogen) atoms. The number of nitrogens with two attached hydrogens (primary N) is 1. The van der Waals surface area contributed by atoms with Gasteiger partial charge in [0, 0.05) is 6.54 Å². The van der Waals surface area contributed by atoms with Gasteiger partial charge in [-0.25, -0.2) is 8.42 Å². The Bertz CT molecular complexity index is 549. The van der Waals surface area contributed by atoms with Crippen molar-refractivity contribution in [2.24, 2.45) is 5.73 Å². The molecular weight excluding hydrogens is 298 g/mol. The third-order valence-electron chi connectivity index (χ3n) is 3.95. The van der Waals surface area contributed by atoms with Crippen molar-refractivity contribution in [1.29, 1.82) is 0 Å². The fourth-order valence-electron chi connectivity index (χ4n) is 2.85. The SMILES string of the molecule is CCCC(O)(CCC)CCc1cccc(S(=O)(=O)CCN)c1. The third kappa shape index (κ3) is 5.71. The lowest BCUT2D eigenvalue weighted by Crippen LogP contribution is -2.29. The molecular formula is C17H29NO3S. The van der Waals surface area contributed by atoms with Crippen molar-refractivity contribution in [1.82, 2.24) is 0 Å². The molecule has 0 atom stereocenters. The molecule has 0 fully saturated rings. The Labute approximate surface area is 134 Å². The lowest BCUT2D eigenvalue weighted by molar-refractivity contribution is 0.0132. The topological polar surface area (TPSA) is 80.4 Å². The van der Waals surface area contributed by atoms with Gasteiger partial charge in [0.1, 0.15) is 0 Å². The highest BCUT2D eigenvalue weighted by atomic mass is 32.2. The highest BCUT2D eigenvalue weighted by Gasteiger charge is 2.24. The van der Waals surface area contributed by atoms with Crippen molar-refractivity contribution >= 4 is 9.84 Å². The average Bonchev–Trinajstić information content (AvgIpc) is 2.46. The van der Waals surface area contributed by atoms with Gasteiger partial charge in [0.05, 0.1) is 16.2 Å². The van der Waals surface area contributed by atoms with Crippen molar-refractivity contribution in [2.75, 3.05) is 12.3 Å². The molecule has 0 unspecified atom stereocenters. The first-order valence-electron chi connectivity index (χ1n) is 8.11. The lowest BCUT2D eigenvalue weighted by Gasteiger charge is -2.27. The number of benzene rings is 1. The zero-order chi connectivity index (χ0) is 16.6. The molecule has 1 aromatic carbocycles. The summed E-state index contributed by atoms with van der Waals surface area (Å²) in [5.74, 6) is -0.0357. The summed E-state index contributed by atoms with van der Waals surface area (Å²) in [5, 5.41) is 10.7. The maximum absolute atomic E-state index is 12.1. The monoisotopic (exact) mass is 327 g/mol. The molecule has 0 heterocycles. The van der Waals surface area contributed by atoms with Crippen molar-refractivity contribution in [3.05, 3.63) is 29.8 Å². The fourth-order valence-corrected chi connectivity index (χ4v) is 4.01. The van der Waals surface area contributed by atoms with E-state index in [0.29, 0.717) is 17.7 Å². The van der Waals surface area contributed by atoms with E-state index in [4.69, 9.17) is 5.73 Å². The van der Waals surface area contributed by atoms with Crippen molar-refractivity contribution < 1.29 is 13.5 Å². The van der Waals surface area contributed by atoms with Crippen LogP contribution in [-0.4, -0.2) is 31.4 Å². The van der Waals surface area contributed by atoms with Gasteiger partial charge in [-0.1, -0.05) is 38.8 Å². The molecule has 0 amide bonds. The summed E-state index contributed by atoms with van der Waals surface area (Å²) >= 11 is 0. The zero-order valence-electron chi connectivity index (χ0n) is 13.7. The van der Waals surface area contributed by atoms with E-state index in [0.717, 1.165) is 31.2 Å². The van der Waals surface area contributed by atoms with E-state index in [1.807, 2.05) is 6.07 Å². The molecule has 0 radical (unpaired) electrons. The largest absolute Gasteiger partial charge is 0.390 e. The van der Waals surface area contributed by atoms with Crippen molar-refractivity contribution in [3.8, 4) is 0 Å². The van der Waals surface area contributed by atoms with Gasteiger partial charge in [-0.3, -0.25) is 0 Å². The predicted octanol–water partition coefficient (Wildman–Crippen LogP) is 2.68. The van der Waals surface area contributed by atoms with Gasteiger partial charge in [-0.2, -0.15) is 0 Å². The molecule has 0 saturated heterocycles. The van der Waals surface area contributed by atoms with E-state index >= 15 is 0 Å². The Morgan fingerprint density at radius 1 is 1.14 bits per heavy atom. The maximum atomic E-state index is 12.1. The number of aryl methyl sites for hydroxylation is 1. The highest BCUT2D eigenvalue weighted by molar-refractivity contribution is 7.91. The number of rotatable bonds is 10. The van der Waals surface area contributed by atoms with Crippen molar-refractivity contribution in [3.63, 3.8) is 0 Å². The van der Waals surface area contributed by atoms with E-state index in [-0.39, 0.29) is 12.3 Å². The smallest absolute Gasteiger partial charge is 0.179 e. The van der Waals surface area contributed by atoms with E-state index in [1.54, 1.807) is 18.2 Å². The van der Waals surface area contributed by atoms with Crippen LogP contribution >= 0.6 is 0 Å². The lowest BCUT2D eigenvalue weighted by atomic mass is 9.87. The summed E-state index contributed by atoms with van der Waals surface area (Å²) < 4.78 is 24.1. The molecule has 1 aromatic rings. The minimum Gasteiger partial charge on any atom is -0.390 e. The molecule has 1 rings (SSSR count). The van der Waals surface area contributed by atoms with Crippen LogP contribution in [0.4, 0.5) is 0 Å². The molecule has 0 aliphatic heterocycles. The van der Waals surface area contributed by atoms with E-state index in [1.165, 1.54) is 0 Å². The summed E-state index contributed by atoms with van der Waals surface area (Å²) in [6.45, 7) is 4.26. The summed E-state index contributed by atoms with van der Waals surface area (Å²) in [4.78, 5) is 0.324. The summed E-state index contributed by atoms with van der Waals surface area (Å²) in [7, 11) is -3.29. The van der Waals surface area contributed by atoms with E-state index in [9.17, 15) is 13.5 Å². The van der Waals surface area contributed by atoms with Crippen LogP contribution in [0.2, 0.25) is 0 Å². The molecule has 3 N–H and O–H groups in total. The summed E-state index contributed by atoms with van der Waals surface area (Å²) in [5.41, 5.74) is 5.66. The van der Waals surface area contributed by atoms with E-state index in [2.05, 4.69) is 13.8 Å². The van der Waals surface area contributed by atoms with Gasteiger partial charge < -0.3 is 10.8 Å². The second-order valence-corrected chi connectivity index (χ2v) is 8.09. The van der Waals surface area contributed by atoms with Crippen LogP contribution < -0.4 is 5.73 Å². The minimum absolute atomic E-state index is 0.0357. The number of hydrogen-bond acceptors (Lipinski definition) is 4. The predicted molar refractivity (Wildman–Crippen MR) is 90.6 cm³/mol. The first-order chi connectivity index (χ1) is 10.4. The molecule has 0 aliphatic carbocycles. The Morgan fingerprint density at radius 2 is 1.77 bits per heavy atom. The summed E-state index contributed by atoms with van der Waals surface area (Å²) in [6.07, 6.45) is 4.80. The standard InChI is InChI=1S/C17H29NO3S/c1-3-9-17(19,10-4-2)11-8-15-6-5-7-16(14-15)22(20,21)13-12-18/h5-7,14,19H,3-4,8-13,18H2,1-2H3. The first kappa shape index (κ1) is 19.1. The number of sulfone groups is 1. The van der Waals surface area contributed by atoms with Crippen LogP contribution in [0.15, 0.2) is 29.2 Å². The number of hydrogen-bond donors (Lipinski definition) is 2. The second kappa shape index (κ2) is 8.65. The van der Waals surface area contributed by atoms with Crippen LogP contribution in [-0.2, 0) is 16.3 Å². The fraction of sp³-hybridized carbons (Fsp3) is 0.647. The second-order valence-electron chi connectivity index (χ2n) is 5.98. The molecule has 5 heteroatoms. The quantitative estimate of drug-likeness (QED) is 0.692. The Kier molecular flexibility index (Phi) is 7.53. The first-order valence-corrected chi connectivity index (χ1v) is 9.76. The molecule has 0 aliphatic rings. The third-order valence-corrected chi connectivity index (χ3v) is 5.70. The Balaban J connectivity index is 2.82. The average molecular weight is 327 g/mol. The van der Waals surface area contributed by atoms with Gasteiger partial charge in [0.2, 0.25) is 0 Å². The molecule has 0 bridgehead atoms. The van der Waals surface area contributed by atoms with Gasteiger partial charge >= 0.3 is 0 Å². The van der Waals surface area contributed by atoms with E-state index < -0.39 is 15.4 Å². The van der Waals surface area contributed by atoms with Crippen LogP contribution in [0.5, 0.6) is 0 Å². The Morgan fingerprint density at radius 3 is 2.32 bits per heavy atom. The zero-order valence-corrected chi connectivity index (χ0v) is 14.5. The van der Waals surface area contributed by atoms with Crippen LogP contribution in [0.25, 0.3) is 0 Å². The van der Waals surface area contributed by atoms with Gasteiger partial charge in [-0.15, -0.1) is 0 Å². The molecule has 4 nitrogen and oxygen atoms in total. The highest BCUT2D eigenvalue weighted by Crippen LogP contribution is 2.26.